The number of ether oxygens (including phenoxy) is 2. The largest absolute Gasteiger partial charge is 0.478 e. The molecule has 1 saturated carbocycles. The van der Waals surface area contributed by atoms with Crippen LogP contribution < -0.4 is 0 Å². The van der Waals surface area contributed by atoms with Gasteiger partial charge in [-0.25, -0.2) is 4.79 Å². The van der Waals surface area contributed by atoms with Crippen molar-refractivity contribution >= 4 is 11.9 Å². The second-order valence-corrected chi connectivity index (χ2v) is 8.08. The van der Waals surface area contributed by atoms with Crippen molar-refractivity contribution in [2.45, 2.75) is 57.0 Å². The van der Waals surface area contributed by atoms with E-state index in [0.717, 1.165) is 0 Å². The molecule has 3 aliphatic rings. The van der Waals surface area contributed by atoms with Crippen LogP contribution in [0.1, 0.15) is 50.7 Å². The molecule has 0 amide bonds. The van der Waals surface area contributed by atoms with Gasteiger partial charge in [-0.2, -0.15) is 0 Å². The highest BCUT2D eigenvalue weighted by atomic mass is 16.6. The van der Waals surface area contributed by atoms with Gasteiger partial charge in [-0.05, 0) is 38.7 Å². The summed E-state index contributed by atoms with van der Waals surface area (Å²) in [7, 11) is 0. The molecule has 2 aliphatic heterocycles. The first-order chi connectivity index (χ1) is 13.3. The van der Waals surface area contributed by atoms with Crippen molar-refractivity contribution < 1.29 is 38.8 Å². The van der Waals surface area contributed by atoms with E-state index in [9.17, 15) is 24.9 Å². The van der Waals surface area contributed by atoms with Crippen LogP contribution in [0.25, 0.3) is 0 Å². The molecule has 5 unspecified atom stereocenters. The van der Waals surface area contributed by atoms with Gasteiger partial charge in [0.15, 0.2) is 5.79 Å². The number of aliphatic carboxylic acids is 1. The Labute approximate surface area is 161 Å². The molecule has 5 atom stereocenters. The summed E-state index contributed by atoms with van der Waals surface area (Å²) >= 11 is 0. The molecular formula is C20H24O8. The Morgan fingerprint density at radius 2 is 2.21 bits per heavy atom. The number of hydrogen-bond donors (Lipinski definition) is 3. The molecule has 1 aromatic rings. The number of carbonyl (C=O) groups excluding carboxylic acids is 1. The minimum absolute atomic E-state index is 0.0119. The number of rotatable bonds is 5. The first-order valence-electron chi connectivity index (χ1n) is 9.47. The number of furan rings is 1. The van der Waals surface area contributed by atoms with Crippen LogP contribution in [0.3, 0.4) is 0 Å². The van der Waals surface area contributed by atoms with Crippen molar-refractivity contribution in [2.75, 3.05) is 6.61 Å². The first-order valence-corrected chi connectivity index (χ1v) is 9.47. The molecule has 0 bridgehead atoms. The zero-order chi connectivity index (χ0) is 20.1. The lowest BCUT2D eigenvalue weighted by atomic mass is 9.63. The predicted octanol–water partition coefficient (Wildman–Crippen LogP) is 1.93. The molecule has 152 valence electrons. The normalized spacial score (nSPS) is 36.3. The van der Waals surface area contributed by atoms with Crippen LogP contribution in [-0.2, 0) is 19.1 Å². The minimum atomic E-state index is -1.59. The average Bonchev–Trinajstić information content (AvgIpc) is 3.31. The highest BCUT2D eigenvalue weighted by molar-refractivity contribution is 5.89. The maximum absolute atomic E-state index is 12.2. The SMILES string of the molecule is CC(CC(O)c1ccoc1)=C(C(=O)O)C1CC23COC(=O)C2CCCC3(O)O1. The summed E-state index contributed by atoms with van der Waals surface area (Å²) in [4.78, 5) is 24.2. The molecule has 3 fully saturated rings. The van der Waals surface area contributed by atoms with Crippen molar-refractivity contribution in [1.29, 1.82) is 0 Å². The molecule has 0 radical (unpaired) electrons. The summed E-state index contributed by atoms with van der Waals surface area (Å²) in [5, 5.41) is 31.4. The number of carboxylic acids is 1. The standard InChI is InChI=1S/C20H24O8/c1-11(7-14(21)12-4-6-26-9-12)16(17(22)23)15-8-19-10-27-18(24)13(19)3-2-5-20(19,25)28-15/h4,6,9,13-15,21,25H,2-3,5,7-8,10H2,1H3,(H,22,23). The number of esters is 1. The Morgan fingerprint density at radius 3 is 2.89 bits per heavy atom. The maximum Gasteiger partial charge on any atom is 0.334 e. The number of aliphatic hydroxyl groups excluding tert-OH is 1. The topological polar surface area (TPSA) is 126 Å². The van der Waals surface area contributed by atoms with Crippen molar-refractivity contribution in [3.8, 4) is 0 Å². The van der Waals surface area contributed by atoms with E-state index in [0.29, 0.717) is 30.4 Å². The Balaban J connectivity index is 1.64. The fraction of sp³-hybridized carbons (Fsp3) is 0.600. The van der Waals surface area contributed by atoms with Gasteiger partial charge < -0.3 is 29.2 Å². The monoisotopic (exact) mass is 392 g/mol. The van der Waals surface area contributed by atoms with E-state index in [1.165, 1.54) is 12.5 Å². The molecule has 3 N–H and O–H groups in total. The summed E-state index contributed by atoms with van der Waals surface area (Å²) < 4.78 is 16.1. The van der Waals surface area contributed by atoms with Crippen molar-refractivity contribution in [2.24, 2.45) is 11.3 Å². The zero-order valence-corrected chi connectivity index (χ0v) is 15.6. The number of carboxylic acid groups (broad SMARTS) is 1. The van der Waals surface area contributed by atoms with E-state index in [-0.39, 0.29) is 31.0 Å². The van der Waals surface area contributed by atoms with Gasteiger partial charge in [0.2, 0.25) is 0 Å². The Bertz CT molecular complexity index is 812. The lowest BCUT2D eigenvalue weighted by molar-refractivity contribution is -0.258. The Hall–Kier alpha value is -2.16. The van der Waals surface area contributed by atoms with Crippen molar-refractivity contribution in [3.63, 3.8) is 0 Å². The van der Waals surface area contributed by atoms with E-state index in [1.54, 1.807) is 13.0 Å². The van der Waals surface area contributed by atoms with Gasteiger partial charge in [-0.15, -0.1) is 0 Å². The Morgan fingerprint density at radius 1 is 1.43 bits per heavy atom. The van der Waals surface area contributed by atoms with Gasteiger partial charge in [-0.1, -0.05) is 5.57 Å². The van der Waals surface area contributed by atoms with Crippen LogP contribution in [-0.4, -0.2) is 45.8 Å². The molecule has 4 rings (SSSR count). The third-order valence-electron chi connectivity index (χ3n) is 6.54. The molecule has 8 nitrogen and oxygen atoms in total. The lowest BCUT2D eigenvalue weighted by Crippen LogP contribution is -2.52. The number of carbonyl (C=O) groups is 2. The van der Waals surface area contributed by atoms with Gasteiger partial charge in [0.25, 0.3) is 0 Å². The number of hydrogen-bond acceptors (Lipinski definition) is 7. The summed E-state index contributed by atoms with van der Waals surface area (Å²) in [6.45, 7) is 1.67. The minimum Gasteiger partial charge on any atom is -0.478 e. The van der Waals surface area contributed by atoms with Crippen LogP contribution >= 0.6 is 0 Å². The fourth-order valence-electron chi connectivity index (χ4n) is 5.08. The van der Waals surface area contributed by atoms with Gasteiger partial charge in [-0.3, -0.25) is 4.79 Å². The molecule has 2 saturated heterocycles. The Kier molecular flexibility index (Phi) is 4.60. The van der Waals surface area contributed by atoms with Crippen LogP contribution in [0.4, 0.5) is 0 Å². The van der Waals surface area contributed by atoms with Gasteiger partial charge in [0.05, 0.1) is 41.6 Å². The highest BCUT2D eigenvalue weighted by Crippen LogP contribution is 2.60. The predicted molar refractivity (Wildman–Crippen MR) is 93.8 cm³/mol. The van der Waals surface area contributed by atoms with E-state index < -0.39 is 35.3 Å². The quantitative estimate of drug-likeness (QED) is 0.512. The molecule has 3 heterocycles. The van der Waals surface area contributed by atoms with E-state index in [1.807, 2.05) is 0 Å². The molecule has 8 heteroatoms. The van der Waals surface area contributed by atoms with Crippen molar-refractivity contribution in [1.82, 2.24) is 0 Å². The first kappa shape index (κ1) is 19.2. The van der Waals surface area contributed by atoms with Gasteiger partial charge in [0.1, 0.15) is 6.61 Å². The second kappa shape index (κ2) is 6.72. The molecule has 1 aromatic heterocycles. The van der Waals surface area contributed by atoms with Crippen LogP contribution in [0, 0.1) is 11.3 Å². The third-order valence-corrected chi connectivity index (χ3v) is 6.54. The van der Waals surface area contributed by atoms with E-state index in [2.05, 4.69) is 0 Å². The number of cyclic esters (lactones) is 1. The van der Waals surface area contributed by atoms with Crippen LogP contribution in [0.2, 0.25) is 0 Å². The summed E-state index contributed by atoms with van der Waals surface area (Å²) in [6.07, 6.45) is 2.87. The third kappa shape index (κ3) is 2.78. The van der Waals surface area contributed by atoms with Crippen LogP contribution in [0.5, 0.6) is 0 Å². The summed E-state index contributed by atoms with van der Waals surface area (Å²) in [5.74, 6) is -3.59. The summed E-state index contributed by atoms with van der Waals surface area (Å²) in [5.41, 5.74) is 0.0959. The van der Waals surface area contributed by atoms with Gasteiger partial charge >= 0.3 is 11.9 Å². The molecular weight excluding hydrogens is 368 g/mol. The molecule has 1 spiro atoms. The van der Waals surface area contributed by atoms with Gasteiger partial charge in [0, 0.05) is 12.0 Å². The zero-order valence-electron chi connectivity index (χ0n) is 15.6. The second-order valence-electron chi connectivity index (χ2n) is 8.08. The van der Waals surface area contributed by atoms with Crippen molar-refractivity contribution in [3.05, 3.63) is 35.3 Å². The smallest absolute Gasteiger partial charge is 0.334 e. The lowest BCUT2D eigenvalue weighted by Gasteiger charge is -2.42. The highest BCUT2D eigenvalue weighted by Gasteiger charge is 2.70. The molecule has 28 heavy (non-hydrogen) atoms. The number of aliphatic hydroxyl groups is 2. The molecule has 0 aromatic carbocycles. The van der Waals surface area contributed by atoms with E-state index in [4.69, 9.17) is 13.9 Å². The molecule has 1 aliphatic carbocycles. The summed E-state index contributed by atoms with van der Waals surface area (Å²) in [6, 6.07) is 1.62. The average molecular weight is 392 g/mol. The van der Waals surface area contributed by atoms with E-state index >= 15 is 0 Å². The fourth-order valence-corrected chi connectivity index (χ4v) is 5.08. The van der Waals surface area contributed by atoms with Crippen LogP contribution in [0.15, 0.2) is 34.2 Å². The maximum atomic E-state index is 12.2.